The summed E-state index contributed by atoms with van der Waals surface area (Å²) in [5.41, 5.74) is 2.65. The Morgan fingerprint density at radius 1 is 0.514 bits per heavy atom. The highest BCUT2D eigenvalue weighted by molar-refractivity contribution is 6.67. The van der Waals surface area contributed by atoms with Crippen LogP contribution in [0.4, 0.5) is 0 Å². The standard InChI is InChI=1S/C53H63Cl3O16/c1-32(57)44-22-13-39(29-65-26-36-9-18-42(62-5)19-10-36)48(70-44)51(59)68-34(3)46-24-15-40(30-66-27-37-11-20-43(63-6)21-12-37)49(72-46)52(60)69-33(2)45-23-14-38(47(71-45)50(58)67-31-53(54,55)56)28-64-25-35-7-16-41(61-4)17-8-35/h7-24,32-34,38-40,44-49,57H,25-31H2,1-6H3/t32-,33-,34-,38-,39-,40-,44+,45+,46+,47-,48-,49-/m0/s1. The van der Waals surface area contributed by atoms with E-state index in [9.17, 15) is 19.5 Å². The Hall–Kier alpha value is -4.72. The molecule has 3 aliphatic rings. The summed E-state index contributed by atoms with van der Waals surface area (Å²) in [6.45, 7) is 5.23. The van der Waals surface area contributed by atoms with Crippen molar-refractivity contribution in [2.75, 3.05) is 47.8 Å². The Balaban J connectivity index is 1.13. The van der Waals surface area contributed by atoms with Gasteiger partial charge in [-0.15, -0.1) is 0 Å². The van der Waals surface area contributed by atoms with E-state index in [1.807, 2.05) is 72.8 Å². The van der Waals surface area contributed by atoms with Crippen LogP contribution in [0.5, 0.6) is 17.2 Å². The SMILES string of the molecule is COc1ccc(COC[C@@H]2C=C[C@H]([C@H](C)O)O[C@@H]2C(=O)O[C@@H](C)[C@H]2C=C[C@@H](COCc3ccc(OC)cc3)[C@@H](C(=O)O[C@@H](C)[C@H]3C=C[C@@H](COCc4ccc(OC)cc4)[C@@H](C(=O)OCC(Cl)(Cl)Cl)O3)O2)cc1. The lowest BCUT2D eigenvalue weighted by atomic mass is 9.96. The summed E-state index contributed by atoms with van der Waals surface area (Å²) in [5.74, 6) is -1.99. The molecule has 392 valence electrons. The van der Waals surface area contributed by atoms with E-state index in [4.69, 9.17) is 91.6 Å². The fourth-order valence-electron chi connectivity index (χ4n) is 7.91. The van der Waals surface area contributed by atoms with Gasteiger partial charge in [-0.1, -0.05) is 108 Å². The van der Waals surface area contributed by atoms with Crippen LogP contribution in [0.25, 0.3) is 0 Å². The molecule has 3 aromatic carbocycles. The highest BCUT2D eigenvalue weighted by Crippen LogP contribution is 2.31. The number of carbonyl (C=O) groups excluding carboxylic acids is 3. The number of carbonyl (C=O) groups is 3. The summed E-state index contributed by atoms with van der Waals surface area (Å²) in [5, 5.41) is 10.4. The molecule has 6 rings (SSSR count). The smallest absolute Gasteiger partial charge is 0.336 e. The van der Waals surface area contributed by atoms with Crippen LogP contribution in [-0.2, 0) is 76.8 Å². The molecule has 3 aliphatic heterocycles. The number of rotatable bonds is 24. The Labute approximate surface area is 435 Å². The first-order chi connectivity index (χ1) is 34.5. The number of aliphatic hydroxyl groups is 1. The van der Waals surface area contributed by atoms with Crippen LogP contribution >= 0.6 is 34.8 Å². The zero-order valence-corrected chi connectivity index (χ0v) is 43.2. The minimum absolute atomic E-state index is 0.0495. The van der Waals surface area contributed by atoms with Crippen molar-refractivity contribution in [3.8, 4) is 17.2 Å². The second-order valence-corrected chi connectivity index (χ2v) is 20.1. The lowest BCUT2D eigenvalue weighted by Gasteiger charge is -2.37. The minimum atomic E-state index is -1.88. The molecule has 0 aromatic heterocycles. The third-order valence-corrected chi connectivity index (χ3v) is 12.3. The third-order valence-electron chi connectivity index (χ3n) is 12.0. The molecule has 19 heteroatoms. The molecular formula is C53H63Cl3O16. The number of alkyl halides is 3. The van der Waals surface area contributed by atoms with Crippen molar-refractivity contribution in [1.29, 1.82) is 0 Å². The minimum Gasteiger partial charge on any atom is -0.497 e. The first kappa shape index (κ1) is 56.6. The Bertz CT molecular complexity index is 2270. The molecule has 0 radical (unpaired) electrons. The second kappa shape index (κ2) is 27.5. The van der Waals surface area contributed by atoms with Gasteiger partial charge in [-0.05, 0) is 73.9 Å². The molecule has 0 saturated heterocycles. The highest BCUT2D eigenvalue weighted by Gasteiger charge is 2.43. The van der Waals surface area contributed by atoms with Crippen molar-refractivity contribution >= 4 is 52.7 Å². The molecule has 0 bridgehead atoms. The average Bonchev–Trinajstić information content (AvgIpc) is 3.38. The number of aliphatic hydroxyl groups excluding tert-OH is 1. The van der Waals surface area contributed by atoms with Crippen LogP contribution < -0.4 is 14.2 Å². The maximum absolute atomic E-state index is 14.3. The third kappa shape index (κ3) is 16.9. The van der Waals surface area contributed by atoms with Gasteiger partial charge in [0.15, 0.2) is 18.3 Å². The molecule has 0 amide bonds. The summed E-state index contributed by atoms with van der Waals surface area (Å²) in [4.78, 5) is 41.8. The van der Waals surface area contributed by atoms with Gasteiger partial charge < -0.3 is 61.9 Å². The second-order valence-electron chi connectivity index (χ2n) is 17.5. The van der Waals surface area contributed by atoms with Crippen LogP contribution in [0.1, 0.15) is 37.5 Å². The summed E-state index contributed by atoms with van der Waals surface area (Å²) in [6.07, 6.45) is 1.35. The van der Waals surface area contributed by atoms with E-state index >= 15 is 0 Å². The first-order valence-corrected chi connectivity index (χ1v) is 24.6. The number of hydrogen-bond donors (Lipinski definition) is 1. The van der Waals surface area contributed by atoms with E-state index in [0.717, 1.165) is 16.7 Å². The molecule has 16 nitrogen and oxygen atoms in total. The molecule has 1 N–H and O–H groups in total. The number of ether oxygens (including phenoxy) is 12. The number of methoxy groups -OCH3 is 3. The summed E-state index contributed by atoms with van der Waals surface area (Å²) in [6, 6.07) is 22.1. The zero-order valence-electron chi connectivity index (χ0n) is 41.0. The predicted octanol–water partition coefficient (Wildman–Crippen LogP) is 7.64. The van der Waals surface area contributed by atoms with Crippen molar-refractivity contribution in [3.05, 3.63) is 126 Å². The van der Waals surface area contributed by atoms with Crippen LogP contribution in [0, 0.1) is 17.8 Å². The van der Waals surface area contributed by atoms with Gasteiger partial charge >= 0.3 is 17.9 Å². The maximum Gasteiger partial charge on any atom is 0.336 e. The van der Waals surface area contributed by atoms with Crippen molar-refractivity contribution in [2.45, 2.75) is 99.3 Å². The maximum atomic E-state index is 14.3. The largest absolute Gasteiger partial charge is 0.497 e. The van der Waals surface area contributed by atoms with Gasteiger partial charge in [0.2, 0.25) is 3.79 Å². The van der Waals surface area contributed by atoms with Gasteiger partial charge in [0.05, 0.1) is 67.1 Å². The molecule has 0 saturated carbocycles. The van der Waals surface area contributed by atoms with E-state index in [2.05, 4.69) is 0 Å². The van der Waals surface area contributed by atoms with Crippen LogP contribution in [0.3, 0.4) is 0 Å². The Kier molecular flexibility index (Phi) is 21.6. The molecule has 72 heavy (non-hydrogen) atoms. The number of hydrogen-bond acceptors (Lipinski definition) is 16. The zero-order chi connectivity index (χ0) is 51.8. The van der Waals surface area contributed by atoms with Gasteiger partial charge in [0.25, 0.3) is 0 Å². The van der Waals surface area contributed by atoms with Crippen LogP contribution in [0.15, 0.2) is 109 Å². The number of benzene rings is 3. The summed E-state index contributed by atoms with van der Waals surface area (Å²) in [7, 11) is 4.75. The molecule has 3 aromatic rings. The van der Waals surface area contributed by atoms with Crippen molar-refractivity contribution in [1.82, 2.24) is 0 Å². The quantitative estimate of drug-likeness (QED) is 0.0400. The molecule has 0 unspecified atom stereocenters. The van der Waals surface area contributed by atoms with E-state index in [-0.39, 0.29) is 39.6 Å². The van der Waals surface area contributed by atoms with Crippen molar-refractivity contribution < 1.29 is 76.3 Å². The van der Waals surface area contributed by atoms with Gasteiger partial charge in [0, 0.05) is 17.8 Å². The van der Waals surface area contributed by atoms with E-state index in [1.165, 1.54) is 0 Å². The molecule has 0 spiro atoms. The Morgan fingerprint density at radius 2 is 0.833 bits per heavy atom. The molecular weight excluding hydrogens is 999 g/mol. The molecule has 12 atom stereocenters. The summed E-state index contributed by atoms with van der Waals surface area (Å²) >= 11 is 17.7. The lowest BCUT2D eigenvalue weighted by molar-refractivity contribution is -0.192. The van der Waals surface area contributed by atoms with E-state index < -0.39 is 101 Å². The monoisotopic (exact) mass is 1060 g/mol. The first-order valence-electron chi connectivity index (χ1n) is 23.5. The molecule has 0 fully saturated rings. The number of halogens is 3. The van der Waals surface area contributed by atoms with Gasteiger partial charge in [-0.2, -0.15) is 0 Å². The van der Waals surface area contributed by atoms with Crippen LogP contribution in [0.2, 0.25) is 0 Å². The predicted molar refractivity (Wildman–Crippen MR) is 266 cm³/mol. The van der Waals surface area contributed by atoms with E-state index in [0.29, 0.717) is 17.2 Å². The van der Waals surface area contributed by atoms with Crippen molar-refractivity contribution in [2.24, 2.45) is 17.8 Å². The van der Waals surface area contributed by atoms with Crippen LogP contribution in [-0.4, -0.2) is 129 Å². The molecule has 3 heterocycles. The summed E-state index contributed by atoms with van der Waals surface area (Å²) < 4.78 is 68.1. The van der Waals surface area contributed by atoms with Gasteiger partial charge in [-0.3, -0.25) is 0 Å². The topological polar surface area (TPSA) is 182 Å². The normalized spacial score (nSPS) is 25.2. The van der Waals surface area contributed by atoms with E-state index in [1.54, 1.807) is 78.6 Å². The Morgan fingerprint density at radius 3 is 1.15 bits per heavy atom. The lowest BCUT2D eigenvalue weighted by Crippen LogP contribution is -2.49. The fraction of sp³-hybridized carbons (Fsp3) is 0.491. The van der Waals surface area contributed by atoms with Crippen molar-refractivity contribution in [3.63, 3.8) is 0 Å². The van der Waals surface area contributed by atoms with Gasteiger partial charge in [-0.25, -0.2) is 14.4 Å². The fourth-order valence-corrected chi connectivity index (χ4v) is 8.07. The molecule has 0 aliphatic carbocycles. The highest BCUT2D eigenvalue weighted by atomic mass is 35.6. The van der Waals surface area contributed by atoms with Gasteiger partial charge in [0.1, 0.15) is 54.4 Å². The average molecular weight is 1060 g/mol. The number of esters is 3.